The van der Waals surface area contributed by atoms with Gasteiger partial charge in [-0.15, -0.1) is 0 Å². The van der Waals surface area contributed by atoms with Crippen molar-refractivity contribution >= 4 is 17.5 Å². The van der Waals surface area contributed by atoms with Crippen molar-refractivity contribution in [3.8, 4) is 0 Å². The zero-order chi connectivity index (χ0) is 25.2. The number of Topliss-reactive ketones (excluding diaryl/α,β-unsaturated/α-hetero) is 2. The molecule has 2 N–H and O–H groups in total. The molecular weight excluding hydrogens is 426 g/mol. The summed E-state index contributed by atoms with van der Waals surface area (Å²) in [6.07, 6.45) is 20.5. The van der Waals surface area contributed by atoms with Crippen molar-refractivity contribution in [1.82, 2.24) is 4.98 Å². The third-order valence-corrected chi connectivity index (χ3v) is 6.80. The fraction of sp³-hybridized carbons (Fsp3) is 0.759. The number of carboxylic acid groups (broad SMARTS) is 1. The van der Waals surface area contributed by atoms with E-state index in [1.165, 1.54) is 83.5 Å². The van der Waals surface area contributed by atoms with Gasteiger partial charge in [0.25, 0.3) is 0 Å². The monoisotopic (exact) mass is 475 g/mol. The first-order valence-electron chi connectivity index (χ1n) is 13.9. The van der Waals surface area contributed by atoms with Crippen molar-refractivity contribution in [2.45, 2.75) is 143 Å². The third-order valence-electron chi connectivity index (χ3n) is 6.80. The van der Waals surface area contributed by atoms with E-state index in [1.54, 1.807) is 0 Å². The highest BCUT2D eigenvalue weighted by Gasteiger charge is 2.21. The van der Waals surface area contributed by atoms with Gasteiger partial charge in [0.1, 0.15) is 0 Å². The Bertz CT molecular complexity index is 735. The third kappa shape index (κ3) is 12.5. The first-order chi connectivity index (χ1) is 16.4. The van der Waals surface area contributed by atoms with Gasteiger partial charge in [-0.1, -0.05) is 96.8 Å². The van der Waals surface area contributed by atoms with Gasteiger partial charge in [0.05, 0.1) is 5.69 Å². The highest BCUT2D eigenvalue weighted by Crippen LogP contribution is 2.23. The van der Waals surface area contributed by atoms with E-state index < -0.39 is 5.97 Å². The molecule has 1 aromatic heterocycles. The minimum absolute atomic E-state index is 0.0184. The maximum Gasteiger partial charge on any atom is 0.303 e. The molecule has 0 unspecified atom stereocenters. The van der Waals surface area contributed by atoms with Gasteiger partial charge in [-0.3, -0.25) is 14.4 Å². The normalized spacial score (nSPS) is 11.1. The molecule has 0 aliphatic heterocycles. The standard InChI is InChI=1S/C29H49NO4/c1-4-5-6-7-8-9-10-11-12-13-14-15-16-17-18-20-25(31)28-23(2)29(30-24(28)3)26(32)21-19-22-27(33)34/h30H,4-22H2,1-3H3,(H,33,34). The minimum atomic E-state index is -0.897. The fourth-order valence-corrected chi connectivity index (χ4v) is 4.75. The van der Waals surface area contributed by atoms with Gasteiger partial charge in [-0.2, -0.15) is 0 Å². The summed E-state index contributed by atoms with van der Waals surface area (Å²) in [5.41, 5.74) is 2.56. The van der Waals surface area contributed by atoms with Gasteiger partial charge in [0, 0.05) is 30.5 Å². The molecule has 1 heterocycles. The number of rotatable bonds is 22. The van der Waals surface area contributed by atoms with Crippen molar-refractivity contribution in [2.75, 3.05) is 0 Å². The second-order valence-electron chi connectivity index (χ2n) is 9.92. The maximum absolute atomic E-state index is 12.8. The molecule has 0 bridgehead atoms. The molecule has 194 valence electrons. The van der Waals surface area contributed by atoms with E-state index in [2.05, 4.69) is 11.9 Å². The molecular formula is C29H49NO4. The van der Waals surface area contributed by atoms with E-state index in [1.807, 2.05) is 13.8 Å². The van der Waals surface area contributed by atoms with E-state index in [4.69, 9.17) is 5.11 Å². The molecule has 0 aliphatic rings. The number of hydrogen-bond acceptors (Lipinski definition) is 3. The van der Waals surface area contributed by atoms with Gasteiger partial charge in [-0.25, -0.2) is 0 Å². The molecule has 0 saturated carbocycles. The molecule has 0 saturated heterocycles. The van der Waals surface area contributed by atoms with Gasteiger partial charge in [0.2, 0.25) is 0 Å². The number of aliphatic carboxylic acids is 1. The summed E-state index contributed by atoms with van der Waals surface area (Å²) in [4.78, 5) is 38.9. The van der Waals surface area contributed by atoms with Crippen LogP contribution >= 0.6 is 0 Å². The van der Waals surface area contributed by atoms with Crippen molar-refractivity contribution in [3.05, 3.63) is 22.5 Å². The summed E-state index contributed by atoms with van der Waals surface area (Å²) in [5, 5.41) is 8.74. The highest BCUT2D eigenvalue weighted by molar-refractivity contribution is 6.04. The number of aromatic nitrogens is 1. The van der Waals surface area contributed by atoms with Crippen LogP contribution in [0.1, 0.15) is 161 Å². The minimum Gasteiger partial charge on any atom is -0.481 e. The number of ketones is 2. The lowest BCUT2D eigenvalue weighted by Crippen LogP contribution is -2.05. The van der Waals surface area contributed by atoms with Crippen LogP contribution < -0.4 is 0 Å². The number of H-pyrrole nitrogens is 1. The number of nitrogens with one attached hydrogen (secondary N) is 1. The van der Waals surface area contributed by atoms with Crippen molar-refractivity contribution in [2.24, 2.45) is 0 Å². The molecule has 0 aliphatic carbocycles. The summed E-state index contributed by atoms with van der Waals surface area (Å²) < 4.78 is 0. The average Bonchev–Trinajstić information content (AvgIpc) is 3.10. The zero-order valence-electron chi connectivity index (χ0n) is 22.1. The number of hydrogen-bond donors (Lipinski definition) is 2. The number of carbonyl (C=O) groups excluding carboxylic acids is 2. The Morgan fingerprint density at radius 1 is 0.618 bits per heavy atom. The summed E-state index contributed by atoms with van der Waals surface area (Å²) in [6.45, 7) is 5.91. The van der Waals surface area contributed by atoms with Crippen molar-refractivity contribution < 1.29 is 19.5 Å². The topological polar surface area (TPSA) is 87.2 Å². The molecule has 0 amide bonds. The Morgan fingerprint density at radius 2 is 1.06 bits per heavy atom. The van der Waals surface area contributed by atoms with Crippen molar-refractivity contribution in [1.29, 1.82) is 0 Å². The van der Waals surface area contributed by atoms with Gasteiger partial charge in [-0.05, 0) is 32.3 Å². The Kier molecular flexibility index (Phi) is 16.3. The second kappa shape index (κ2) is 18.4. The molecule has 5 nitrogen and oxygen atoms in total. The molecule has 0 radical (unpaired) electrons. The largest absolute Gasteiger partial charge is 0.481 e. The Hall–Kier alpha value is -1.91. The number of aryl methyl sites for hydroxylation is 1. The first-order valence-corrected chi connectivity index (χ1v) is 13.9. The van der Waals surface area contributed by atoms with E-state index in [0.29, 0.717) is 29.7 Å². The maximum atomic E-state index is 12.8. The fourth-order valence-electron chi connectivity index (χ4n) is 4.75. The molecule has 0 aromatic carbocycles. The van der Waals surface area contributed by atoms with Crippen LogP contribution in [0.25, 0.3) is 0 Å². The van der Waals surface area contributed by atoms with Crippen LogP contribution in [-0.2, 0) is 4.79 Å². The van der Waals surface area contributed by atoms with Crippen LogP contribution in [0.3, 0.4) is 0 Å². The Balaban J connectivity index is 2.14. The van der Waals surface area contributed by atoms with Crippen LogP contribution in [0.15, 0.2) is 0 Å². The molecule has 0 spiro atoms. The molecule has 1 rings (SSSR count). The van der Waals surface area contributed by atoms with Crippen molar-refractivity contribution in [3.63, 3.8) is 0 Å². The lowest BCUT2D eigenvalue weighted by atomic mass is 9.98. The zero-order valence-corrected chi connectivity index (χ0v) is 22.1. The molecule has 0 fully saturated rings. The smallest absolute Gasteiger partial charge is 0.303 e. The summed E-state index contributed by atoms with van der Waals surface area (Å²) >= 11 is 0. The number of carbonyl (C=O) groups is 3. The summed E-state index contributed by atoms with van der Waals surface area (Å²) in [6, 6.07) is 0. The second-order valence-corrected chi connectivity index (χ2v) is 9.92. The predicted octanol–water partition coefficient (Wildman–Crippen LogP) is 8.51. The van der Waals surface area contributed by atoms with Crippen LogP contribution in [0, 0.1) is 13.8 Å². The number of carboxylic acids is 1. The van der Waals surface area contributed by atoms with E-state index in [-0.39, 0.29) is 24.4 Å². The molecule has 34 heavy (non-hydrogen) atoms. The first kappa shape index (κ1) is 30.1. The van der Waals surface area contributed by atoms with Gasteiger partial charge >= 0.3 is 5.97 Å². The van der Waals surface area contributed by atoms with Crippen LogP contribution in [0.2, 0.25) is 0 Å². The van der Waals surface area contributed by atoms with E-state index >= 15 is 0 Å². The average molecular weight is 476 g/mol. The van der Waals surface area contributed by atoms with Gasteiger partial charge in [0.15, 0.2) is 11.6 Å². The summed E-state index contributed by atoms with van der Waals surface area (Å²) in [7, 11) is 0. The van der Waals surface area contributed by atoms with E-state index in [9.17, 15) is 14.4 Å². The van der Waals surface area contributed by atoms with Crippen LogP contribution in [0.4, 0.5) is 0 Å². The highest BCUT2D eigenvalue weighted by atomic mass is 16.4. The Labute approximate surface area is 207 Å². The number of unbranched alkanes of at least 4 members (excludes halogenated alkanes) is 14. The quantitative estimate of drug-likeness (QED) is 0.130. The Morgan fingerprint density at radius 3 is 1.53 bits per heavy atom. The molecule has 0 atom stereocenters. The molecule has 5 heteroatoms. The number of aromatic amines is 1. The predicted molar refractivity (Wildman–Crippen MR) is 140 cm³/mol. The summed E-state index contributed by atoms with van der Waals surface area (Å²) in [5.74, 6) is -0.912. The lowest BCUT2D eigenvalue weighted by Gasteiger charge is -2.04. The van der Waals surface area contributed by atoms with Crippen LogP contribution in [0.5, 0.6) is 0 Å². The SMILES string of the molecule is CCCCCCCCCCCCCCCCCC(=O)c1c(C)[nH]c(C(=O)CCCC(=O)O)c1C. The van der Waals surface area contributed by atoms with Crippen LogP contribution in [-0.4, -0.2) is 27.6 Å². The van der Waals surface area contributed by atoms with Gasteiger partial charge < -0.3 is 10.1 Å². The molecule has 1 aromatic rings. The lowest BCUT2D eigenvalue weighted by molar-refractivity contribution is -0.137. The van der Waals surface area contributed by atoms with E-state index in [0.717, 1.165) is 18.5 Å².